The second-order valence-corrected chi connectivity index (χ2v) is 6.77. The summed E-state index contributed by atoms with van der Waals surface area (Å²) in [5, 5.41) is 19.7. The minimum absolute atomic E-state index is 0.387. The lowest BCUT2D eigenvalue weighted by Crippen LogP contribution is -2.44. The molecule has 1 aliphatic heterocycles. The van der Waals surface area contributed by atoms with Crippen LogP contribution in [0.4, 0.5) is 0 Å². The number of carboxylic acid groups (broad SMARTS) is 2. The Morgan fingerprint density at radius 1 is 1.15 bits per heavy atom. The quantitative estimate of drug-likeness (QED) is 0.777. The van der Waals surface area contributed by atoms with E-state index in [0.29, 0.717) is 11.8 Å². The van der Waals surface area contributed by atoms with E-state index in [-0.39, 0.29) is 0 Å². The van der Waals surface area contributed by atoms with Crippen LogP contribution in [0.15, 0.2) is 28.8 Å². The number of hydrogen-bond donors (Lipinski definition) is 2. The highest BCUT2D eigenvalue weighted by atomic mass is 35.5. The van der Waals surface area contributed by atoms with Gasteiger partial charge in [0.05, 0.1) is 5.92 Å². The van der Waals surface area contributed by atoms with Crippen molar-refractivity contribution >= 4 is 23.5 Å². The third-order valence-corrected chi connectivity index (χ3v) is 4.61. The molecule has 0 atom stereocenters. The van der Waals surface area contributed by atoms with Crippen molar-refractivity contribution in [3.63, 3.8) is 0 Å². The van der Waals surface area contributed by atoms with E-state index in [0.717, 1.165) is 36.4 Å². The average Bonchev–Trinajstić information content (AvgIpc) is 3.31. The molecule has 2 aromatic rings. The second kappa shape index (κ2) is 7.84. The Balaban J connectivity index is 0.000000286. The average molecular weight is 380 g/mol. The number of aromatic nitrogens is 2. The first-order valence-electron chi connectivity index (χ1n) is 8.19. The zero-order valence-corrected chi connectivity index (χ0v) is 14.6. The summed E-state index contributed by atoms with van der Waals surface area (Å²) >= 11 is 6.18. The number of benzene rings is 1. The Hall–Kier alpha value is -2.45. The topological polar surface area (TPSA) is 117 Å². The predicted octanol–water partition coefficient (Wildman–Crippen LogP) is 2.36. The largest absolute Gasteiger partial charge is 0.473 e. The molecule has 0 unspecified atom stereocenters. The molecule has 8 nitrogen and oxygen atoms in total. The summed E-state index contributed by atoms with van der Waals surface area (Å²) in [5.41, 5.74) is 1.18. The minimum Gasteiger partial charge on any atom is -0.473 e. The molecule has 2 heterocycles. The van der Waals surface area contributed by atoms with Crippen LogP contribution in [0.25, 0.3) is 0 Å². The lowest BCUT2D eigenvalue weighted by molar-refractivity contribution is -0.159. The van der Waals surface area contributed by atoms with Crippen LogP contribution in [0.2, 0.25) is 5.02 Å². The van der Waals surface area contributed by atoms with E-state index in [1.54, 1.807) is 0 Å². The van der Waals surface area contributed by atoms with Gasteiger partial charge in [0.1, 0.15) is 0 Å². The number of carboxylic acids is 2. The fourth-order valence-electron chi connectivity index (χ4n) is 2.64. The van der Waals surface area contributed by atoms with Crippen LogP contribution in [0.1, 0.15) is 42.0 Å². The molecular formula is C17H18ClN3O5. The summed E-state index contributed by atoms with van der Waals surface area (Å²) in [4.78, 5) is 25.1. The van der Waals surface area contributed by atoms with Crippen LogP contribution >= 0.6 is 11.6 Å². The fourth-order valence-corrected chi connectivity index (χ4v) is 2.84. The lowest BCUT2D eigenvalue weighted by Gasteiger charge is -2.37. The molecule has 9 heteroatoms. The maximum absolute atomic E-state index is 9.10. The summed E-state index contributed by atoms with van der Waals surface area (Å²) < 4.78 is 5.38. The summed E-state index contributed by atoms with van der Waals surface area (Å²) in [5.74, 6) is -0.985. The minimum atomic E-state index is -1.82. The van der Waals surface area contributed by atoms with Crippen LogP contribution in [0.3, 0.4) is 0 Å². The lowest BCUT2D eigenvalue weighted by atomic mass is 9.99. The van der Waals surface area contributed by atoms with Gasteiger partial charge in [-0.2, -0.15) is 4.98 Å². The molecule has 1 aromatic carbocycles. The molecule has 2 fully saturated rings. The van der Waals surface area contributed by atoms with E-state index in [1.807, 2.05) is 18.2 Å². The SMILES string of the molecule is Clc1ccccc1CN1CC(c2nc(C3CC3)no2)C1.O=C(O)C(=O)O. The van der Waals surface area contributed by atoms with Gasteiger partial charge in [0.25, 0.3) is 0 Å². The molecule has 2 aliphatic rings. The number of aliphatic carboxylic acids is 2. The highest BCUT2D eigenvalue weighted by molar-refractivity contribution is 6.31. The molecule has 26 heavy (non-hydrogen) atoms. The monoisotopic (exact) mass is 379 g/mol. The number of likely N-dealkylation sites (tertiary alicyclic amines) is 1. The van der Waals surface area contributed by atoms with E-state index in [1.165, 1.54) is 18.4 Å². The summed E-state index contributed by atoms with van der Waals surface area (Å²) in [6.07, 6.45) is 2.42. The molecule has 1 aromatic heterocycles. The maximum atomic E-state index is 9.10. The third-order valence-electron chi connectivity index (χ3n) is 4.24. The highest BCUT2D eigenvalue weighted by Crippen LogP contribution is 2.39. The van der Waals surface area contributed by atoms with Crippen molar-refractivity contribution in [1.82, 2.24) is 15.0 Å². The maximum Gasteiger partial charge on any atom is 0.414 e. The van der Waals surface area contributed by atoms with Gasteiger partial charge in [0.2, 0.25) is 5.89 Å². The predicted molar refractivity (Wildman–Crippen MR) is 91.0 cm³/mol. The normalized spacial score (nSPS) is 17.1. The summed E-state index contributed by atoms with van der Waals surface area (Å²) in [6, 6.07) is 8.00. The first-order valence-corrected chi connectivity index (χ1v) is 8.57. The van der Waals surface area contributed by atoms with Gasteiger partial charge in [0, 0.05) is 30.6 Å². The smallest absolute Gasteiger partial charge is 0.414 e. The highest BCUT2D eigenvalue weighted by Gasteiger charge is 2.35. The number of nitrogens with zero attached hydrogens (tertiary/aromatic N) is 3. The number of carbonyl (C=O) groups is 2. The molecule has 1 saturated heterocycles. The second-order valence-electron chi connectivity index (χ2n) is 6.36. The van der Waals surface area contributed by atoms with Crippen LogP contribution in [-0.4, -0.2) is 50.3 Å². The number of rotatable bonds is 4. The molecule has 138 valence electrons. The molecule has 0 radical (unpaired) electrons. The third kappa shape index (κ3) is 4.59. The van der Waals surface area contributed by atoms with Gasteiger partial charge < -0.3 is 14.7 Å². The zero-order valence-electron chi connectivity index (χ0n) is 13.8. The Labute approximate surface area is 154 Å². The van der Waals surface area contributed by atoms with Gasteiger partial charge in [-0.05, 0) is 24.5 Å². The molecule has 0 spiro atoms. The summed E-state index contributed by atoms with van der Waals surface area (Å²) in [6.45, 7) is 2.83. The zero-order chi connectivity index (χ0) is 18.7. The number of halogens is 1. The molecule has 1 aliphatic carbocycles. The Morgan fingerprint density at radius 3 is 2.38 bits per heavy atom. The van der Waals surface area contributed by atoms with Crippen molar-refractivity contribution in [2.75, 3.05) is 13.1 Å². The van der Waals surface area contributed by atoms with E-state index in [2.05, 4.69) is 21.1 Å². The molecule has 1 saturated carbocycles. The molecule has 0 amide bonds. The van der Waals surface area contributed by atoms with E-state index < -0.39 is 11.9 Å². The first-order chi connectivity index (χ1) is 12.4. The van der Waals surface area contributed by atoms with Crippen molar-refractivity contribution in [2.24, 2.45) is 0 Å². The van der Waals surface area contributed by atoms with Crippen molar-refractivity contribution in [1.29, 1.82) is 0 Å². The first kappa shape index (κ1) is 18.3. The van der Waals surface area contributed by atoms with Crippen LogP contribution in [-0.2, 0) is 16.1 Å². The van der Waals surface area contributed by atoms with Gasteiger partial charge >= 0.3 is 11.9 Å². The molecular weight excluding hydrogens is 362 g/mol. The van der Waals surface area contributed by atoms with Crippen molar-refractivity contribution in [3.05, 3.63) is 46.6 Å². The van der Waals surface area contributed by atoms with E-state index in [4.69, 9.17) is 35.9 Å². The number of hydrogen-bond acceptors (Lipinski definition) is 6. The van der Waals surface area contributed by atoms with Crippen molar-refractivity contribution in [2.45, 2.75) is 31.2 Å². The van der Waals surface area contributed by atoms with Gasteiger partial charge in [-0.1, -0.05) is 35.0 Å². The van der Waals surface area contributed by atoms with E-state index in [9.17, 15) is 0 Å². The standard InChI is InChI=1S/C15H16ClN3O.C2H2O4/c16-13-4-2-1-3-11(13)7-19-8-12(9-19)15-17-14(18-20-15)10-5-6-10;3-1(4)2(5)6/h1-4,10,12H,5-9H2;(H,3,4)(H,5,6). The van der Waals surface area contributed by atoms with Gasteiger partial charge in [-0.25, -0.2) is 9.59 Å². The van der Waals surface area contributed by atoms with Gasteiger partial charge in [0.15, 0.2) is 5.82 Å². The molecule has 2 N–H and O–H groups in total. The Bertz CT molecular complexity index is 787. The van der Waals surface area contributed by atoms with Crippen LogP contribution in [0, 0.1) is 0 Å². The Morgan fingerprint density at radius 2 is 1.81 bits per heavy atom. The van der Waals surface area contributed by atoms with Gasteiger partial charge in [-0.3, -0.25) is 4.90 Å². The van der Waals surface area contributed by atoms with Crippen molar-refractivity contribution < 1.29 is 24.3 Å². The van der Waals surface area contributed by atoms with Crippen molar-refractivity contribution in [3.8, 4) is 0 Å². The van der Waals surface area contributed by atoms with Gasteiger partial charge in [-0.15, -0.1) is 0 Å². The fraction of sp³-hybridized carbons (Fsp3) is 0.412. The van der Waals surface area contributed by atoms with Crippen LogP contribution < -0.4 is 0 Å². The Kier molecular flexibility index (Phi) is 5.53. The molecule has 0 bridgehead atoms. The molecule has 4 rings (SSSR count). The summed E-state index contributed by atoms with van der Waals surface area (Å²) in [7, 11) is 0. The van der Waals surface area contributed by atoms with E-state index >= 15 is 0 Å². The van der Waals surface area contributed by atoms with Crippen LogP contribution in [0.5, 0.6) is 0 Å².